The monoisotopic (exact) mass is 1330 g/mol. The van der Waals surface area contributed by atoms with Crippen LogP contribution >= 0.6 is 35.4 Å². The number of phenolic OH excluding ortho intramolecular Hbond substituents is 6. The van der Waals surface area contributed by atoms with E-state index in [-0.39, 0.29) is 72.4 Å². The zero-order valence-electron chi connectivity index (χ0n) is 48.0. The Kier molecular flexibility index (Phi) is 16.7. The molecule has 14 rings (SSSR count). The summed E-state index contributed by atoms with van der Waals surface area (Å²) in [5.74, 6) is -14.5. The van der Waals surface area contributed by atoms with Gasteiger partial charge in [0.1, 0.15) is 76.6 Å². The van der Waals surface area contributed by atoms with Crippen molar-refractivity contribution in [1.29, 1.82) is 0 Å². The number of carboxylic acids is 1. The molecule has 8 aromatic carbocycles. The van der Waals surface area contributed by atoms with Crippen molar-refractivity contribution in [3.63, 3.8) is 0 Å². The fraction of sp³-hybridized carbons (Fsp3) is 0.138. The number of hydrogen-bond donors (Lipinski definition) is 15. The molecule has 478 valence electrons. The second-order valence-electron chi connectivity index (χ2n) is 22.1. The molecule has 26 nitrogen and oxygen atoms in total. The number of carboxylic acid groups (broad SMARTS) is 1. The SMILES string of the molecule is N[C@@H]1Cc2ccc(c(Cl)c2)Oc2cc3cc(c2O)Oc2ccc(cc2Cl)[C@@H](O)[C@@H]2NC(=O)[C@H](NC(=O)[C@@H]3NC(=O)C(c3cc(O)cc(Oc4cc(C5NC(=S)N(c6ccccc6)C5=O)ccc4O)c3)NC1=O)c1ccc(O)c(c1)-c1c(O)cc(O)cc1[C@@H](C(=O)O)NC2=O. The van der Waals surface area contributed by atoms with Crippen LogP contribution in [0.3, 0.4) is 0 Å². The number of hydrogen-bond acceptors (Lipinski definition) is 19. The molecule has 8 atom stereocenters. The van der Waals surface area contributed by atoms with E-state index >= 15 is 14.4 Å². The molecule has 8 aromatic rings. The molecule has 0 spiro atoms. The Bertz CT molecular complexity index is 4540. The average Bonchev–Trinajstić information content (AvgIpc) is 1.00. The van der Waals surface area contributed by atoms with Crippen LogP contribution < -0.4 is 56.7 Å². The number of nitrogens with one attached hydrogen (secondary N) is 6. The molecule has 29 heteroatoms. The maximum atomic E-state index is 15.8. The lowest BCUT2D eigenvalue weighted by atomic mass is 9.89. The molecule has 94 heavy (non-hydrogen) atoms. The number of aliphatic hydroxyl groups is 1. The van der Waals surface area contributed by atoms with Crippen molar-refractivity contribution >= 4 is 87.6 Å². The lowest BCUT2D eigenvalue weighted by Gasteiger charge is -2.31. The molecule has 0 aromatic heterocycles. The van der Waals surface area contributed by atoms with Gasteiger partial charge in [0, 0.05) is 28.8 Å². The van der Waals surface area contributed by atoms with Gasteiger partial charge in [0.2, 0.25) is 35.3 Å². The van der Waals surface area contributed by atoms with Crippen molar-refractivity contribution in [2.24, 2.45) is 5.73 Å². The van der Waals surface area contributed by atoms with E-state index in [1.165, 1.54) is 59.5 Å². The summed E-state index contributed by atoms with van der Waals surface area (Å²) in [5, 5.41) is 106. The third-order valence-corrected chi connectivity index (χ3v) is 16.7. The van der Waals surface area contributed by atoms with E-state index in [2.05, 4.69) is 31.9 Å². The Balaban J connectivity index is 1.01. The van der Waals surface area contributed by atoms with Crippen LogP contribution in [0.1, 0.15) is 75.3 Å². The highest BCUT2D eigenvalue weighted by Gasteiger charge is 2.42. The summed E-state index contributed by atoms with van der Waals surface area (Å²) in [7, 11) is 0. The lowest BCUT2D eigenvalue weighted by molar-refractivity contribution is -0.143. The van der Waals surface area contributed by atoms with Crippen molar-refractivity contribution in [2.75, 3.05) is 4.90 Å². The highest BCUT2D eigenvalue weighted by molar-refractivity contribution is 7.80. The van der Waals surface area contributed by atoms with E-state index in [9.17, 15) is 60.0 Å². The number of ether oxygens (including phenoxy) is 3. The molecule has 0 radical (unpaired) electrons. The molecular formula is C65H50Cl2N8O18S. The first kappa shape index (κ1) is 62.8. The Hall–Kier alpha value is -11.4. The number of halogens is 2. The summed E-state index contributed by atoms with van der Waals surface area (Å²) < 4.78 is 18.6. The Morgan fingerprint density at radius 3 is 1.80 bits per heavy atom. The Morgan fingerprint density at radius 1 is 0.553 bits per heavy atom. The van der Waals surface area contributed by atoms with E-state index < -0.39 is 152 Å². The van der Waals surface area contributed by atoms with Crippen LogP contribution in [0.15, 0.2) is 146 Å². The molecular weight excluding hydrogens is 1280 g/mol. The second-order valence-corrected chi connectivity index (χ2v) is 23.3. The Morgan fingerprint density at radius 2 is 1.14 bits per heavy atom. The molecule has 6 aliphatic heterocycles. The highest BCUT2D eigenvalue weighted by atomic mass is 35.5. The summed E-state index contributed by atoms with van der Waals surface area (Å²) in [5.41, 5.74) is 5.19. The van der Waals surface area contributed by atoms with Gasteiger partial charge < -0.3 is 92.7 Å². The quantitative estimate of drug-likeness (QED) is 0.0763. The maximum Gasteiger partial charge on any atom is 0.330 e. The second kappa shape index (κ2) is 25.0. The zero-order valence-corrected chi connectivity index (χ0v) is 50.4. The third kappa shape index (κ3) is 12.2. The molecule has 6 heterocycles. The van der Waals surface area contributed by atoms with Gasteiger partial charge in [0.15, 0.2) is 34.2 Å². The standard InChI is InChI=1S/C65H50Cl2N8O18S/c66-38-14-26-6-12-44(38)92-47-21-31-22-48(57(47)82)93-45-13-9-29(19-39(45)67)56(81)55-62(87)72-54(64(89)90)37-24-34(77)25-43(80)49(37)36-18-27(7-10-41(36)78)50(59(84)73-55)70-61(86)52(31)71-60(85)51(69-58(83)40(68)15-26)30-16-33(76)23-35(17-30)91-46-20-28(8-11-42(46)79)53-63(88)75(65(94)74-53)32-4-2-1-3-5-32/h1-14,16-25,40,50-56,76-82H,15,68H2,(H,69,83)(H,70,86)(H,71,85)(H,72,87)(H,73,84)(H,74,94)(H,89,90)/t40-,50-,51?,52-,53?,54+,55+,56-/m1/s1. The van der Waals surface area contributed by atoms with Crippen LogP contribution in [0.5, 0.6) is 69.0 Å². The molecule has 6 amide bonds. The van der Waals surface area contributed by atoms with Gasteiger partial charge in [-0.2, -0.15) is 0 Å². The summed E-state index contributed by atoms with van der Waals surface area (Å²) in [6.07, 6.45) is -2.36. The minimum Gasteiger partial charge on any atom is -0.508 e. The van der Waals surface area contributed by atoms with E-state index in [0.29, 0.717) is 11.3 Å². The fourth-order valence-electron chi connectivity index (χ4n) is 11.2. The van der Waals surface area contributed by atoms with Gasteiger partial charge in [-0.3, -0.25) is 33.7 Å². The van der Waals surface area contributed by atoms with Crippen LogP contribution in [0.2, 0.25) is 10.0 Å². The van der Waals surface area contributed by atoms with E-state index in [0.717, 1.165) is 60.7 Å². The van der Waals surface area contributed by atoms with Crippen LogP contribution in [0, 0.1) is 0 Å². The Labute approximate surface area is 545 Å². The minimum atomic E-state index is -2.20. The number of nitrogens with two attached hydrogens (primary N) is 1. The molecule has 11 bridgehead atoms. The number of nitrogens with zero attached hydrogens (tertiary/aromatic N) is 1. The molecule has 0 saturated carbocycles. The van der Waals surface area contributed by atoms with Gasteiger partial charge >= 0.3 is 5.97 Å². The number of amides is 6. The number of rotatable bonds is 6. The van der Waals surface area contributed by atoms with Crippen LogP contribution in [-0.4, -0.2) is 99.5 Å². The average molecular weight is 1330 g/mol. The van der Waals surface area contributed by atoms with Crippen molar-refractivity contribution in [1.82, 2.24) is 31.9 Å². The number of aliphatic hydroxyl groups excluding tert-OH is 1. The van der Waals surface area contributed by atoms with Crippen molar-refractivity contribution < 1.29 is 88.6 Å². The van der Waals surface area contributed by atoms with Gasteiger partial charge in [-0.25, -0.2) is 4.79 Å². The summed E-state index contributed by atoms with van der Waals surface area (Å²) in [4.78, 5) is 104. The molecule has 1 fully saturated rings. The van der Waals surface area contributed by atoms with E-state index in [1.54, 1.807) is 30.3 Å². The number of aromatic hydroxyl groups is 6. The number of fused-ring (bicyclic) bond motifs is 15. The predicted octanol–water partition coefficient (Wildman–Crippen LogP) is 6.78. The van der Waals surface area contributed by atoms with Gasteiger partial charge in [0.25, 0.3) is 5.91 Å². The van der Waals surface area contributed by atoms with Crippen LogP contribution in [0.25, 0.3) is 11.1 Å². The van der Waals surface area contributed by atoms with E-state index in [4.69, 9.17) is 55.4 Å². The van der Waals surface area contributed by atoms with E-state index in [1.807, 2.05) is 0 Å². The fourth-order valence-corrected chi connectivity index (χ4v) is 12.0. The number of anilines is 1. The van der Waals surface area contributed by atoms with Crippen LogP contribution in [-0.2, 0) is 40.0 Å². The zero-order chi connectivity index (χ0) is 66.7. The van der Waals surface area contributed by atoms with Crippen molar-refractivity contribution in [3.05, 3.63) is 195 Å². The van der Waals surface area contributed by atoms with Crippen LogP contribution in [0.4, 0.5) is 5.69 Å². The minimum absolute atomic E-state index is 0.0795. The summed E-state index contributed by atoms with van der Waals surface area (Å²) in [6, 6.07) is 17.6. The maximum absolute atomic E-state index is 15.8. The largest absolute Gasteiger partial charge is 0.508 e. The topological polar surface area (TPSA) is 410 Å². The van der Waals surface area contributed by atoms with Gasteiger partial charge in [0.05, 0.1) is 21.8 Å². The number of benzene rings is 8. The lowest BCUT2D eigenvalue weighted by Crippen LogP contribution is -2.55. The van der Waals surface area contributed by atoms with Gasteiger partial charge in [-0.1, -0.05) is 65.7 Å². The molecule has 16 N–H and O–H groups in total. The number of para-hydroxylation sites is 1. The summed E-state index contributed by atoms with van der Waals surface area (Å²) in [6.45, 7) is 0. The third-order valence-electron chi connectivity index (χ3n) is 15.8. The number of thiocarbonyl (C=S) groups is 1. The van der Waals surface area contributed by atoms with Gasteiger partial charge in [-0.15, -0.1) is 0 Å². The molecule has 0 aliphatic carbocycles. The van der Waals surface area contributed by atoms with Crippen molar-refractivity contribution in [2.45, 2.75) is 54.8 Å². The number of aliphatic carboxylic acids is 1. The number of phenols is 6. The highest BCUT2D eigenvalue weighted by Crippen LogP contribution is 2.48. The first-order valence-corrected chi connectivity index (χ1v) is 29.5. The smallest absolute Gasteiger partial charge is 0.330 e. The number of carbonyl (C=O) groups excluding carboxylic acids is 6. The molecule has 2 unspecified atom stereocenters. The normalized spacial score (nSPS) is 21.2. The first-order valence-electron chi connectivity index (χ1n) is 28.3. The first-order chi connectivity index (χ1) is 44.9. The number of carbonyl (C=O) groups is 7. The summed E-state index contributed by atoms with van der Waals surface area (Å²) >= 11 is 19.2. The van der Waals surface area contributed by atoms with Gasteiger partial charge in [-0.05, 0) is 143 Å². The molecule has 6 aliphatic rings. The molecule has 1 saturated heterocycles. The van der Waals surface area contributed by atoms with Crippen molar-refractivity contribution in [3.8, 4) is 80.1 Å². The predicted molar refractivity (Wildman–Crippen MR) is 336 cm³/mol.